The second kappa shape index (κ2) is 14.5. The molecule has 4 aromatic carbocycles. The smallest absolute Gasteiger partial charge is 0.120 e. The van der Waals surface area contributed by atoms with Gasteiger partial charge in [-0.15, -0.1) is 13.2 Å². The predicted molar refractivity (Wildman–Crippen MR) is 166 cm³/mol. The first-order valence-corrected chi connectivity index (χ1v) is 14.4. The van der Waals surface area contributed by atoms with Crippen LogP contribution in [-0.4, -0.2) is 0 Å². The van der Waals surface area contributed by atoms with E-state index in [2.05, 4.69) is 134 Å². The van der Waals surface area contributed by atoms with E-state index in [0.29, 0.717) is 0 Å². The molecule has 0 amide bonds. The molecule has 0 unspecified atom stereocenters. The fourth-order valence-corrected chi connectivity index (χ4v) is 5.70. The molecule has 0 saturated heterocycles. The van der Waals surface area contributed by atoms with Crippen LogP contribution < -0.4 is 0 Å². The van der Waals surface area contributed by atoms with Crippen molar-refractivity contribution in [2.45, 2.75) is 62.6 Å². The van der Waals surface area contributed by atoms with Crippen LogP contribution in [-0.2, 0) is 15.9 Å². The molecule has 0 saturated carbocycles. The summed E-state index contributed by atoms with van der Waals surface area (Å²) in [5.74, 6) is 0. The van der Waals surface area contributed by atoms with Crippen LogP contribution in [0.25, 0.3) is 0 Å². The zero-order valence-electron chi connectivity index (χ0n) is 23.2. The van der Waals surface area contributed by atoms with E-state index in [-0.39, 0.29) is 0 Å². The Balaban J connectivity index is 1.95. The second-order valence-corrected chi connectivity index (χ2v) is 10.3. The summed E-state index contributed by atoms with van der Waals surface area (Å²) >= 11 is 0. The lowest BCUT2D eigenvalue weighted by Crippen LogP contribution is -2.43. The van der Waals surface area contributed by atoms with Gasteiger partial charge in [0.1, 0.15) is 11.2 Å². The topological polar surface area (TPSA) is 9.23 Å². The van der Waals surface area contributed by atoms with E-state index in [1.54, 1.807) is 0 Å². The van der Waals surface area contributed by atoms with Crippen LogP contribution in [0.3, 0.4) is 0 Å². The maximum atomic E-state index is 7.88. The highest BCUT2D eigenvalue weighted by atomic mass is 16.5. The highest BCUT2D eigenvalue weighted by Gasteiger charge is 2.46. The third kappa shape index (κ3) is 6.85. The molecule has 1 heteroatoms. The number of benzene rings is 4. The molecule has 0 bridgehead atoms. The fourth-order valence-electron chi connectivity index (χ4n) is 5.70. The first-order valence-electron chi connectivity index (χ1n) is 14.4. The maximum absolute atomic E-state index is 7.88. The second-order valence-electron chi connectivity index (χ2n) is 10.3. The molecule has 0 spiro atoms. The molecule has 0 aliphatic heterocycles. The van der Waals surface area contributed by atoms with Gasteiger partial charge in [-0.2, -0.15) is 0 Å². The van der Waals surface area contributed by atoms with E-state index < -0.39 is 11.2 Å². The van der Waals surface area contributed by atoms with Gasteiger partial charge in [0.25, 0.3) is 0 Å². The van der Waals surface area contributed by atoms with E-state index in [1.807, 2.05) is 12.2 Å². The van der Waals surface area contributed by atoms with Gasteiger partial charge in [0.15, 0.2) is 0 Å². The van der Waals surface area contributed by atoms with Crippen molar-refractivity contribution in [3.8, 4) is 0 Å². The molecule has 0 atom stereocenters. The molecule has 0 fully saturated rings. The molecule has 0 aliphatic rings. The minimum absolute atomic E-state index is 0.631. The summed E-state index contributed by atoms with van der Waals surface area (Å²) in [5.41, 5.74) is 3.50. The Morgan fingerprint density at radius 3 is 0.974 bits per heavy atom. The number of hydrogen-bond acceptors (Lipinski definition) is 1. The summed E-state index contributed by atoms with van der Waals surface area (Å²) in [7, 11) is 0. The van der Waals surface area contributed by atoms with Crippen LogP contribution in [0, 0.1) is 0 Å². The lowest BCUT2D eigenvalue weighted by Gasteiger charge is -2.46. The van der Waals surface area contributed by atoms with Crippen LogP contribution in [0.4, 0.5) is 0 Å². The van der Waals surface area contributed by atoms with Gasteiger partial charge in [-0.1, -0.05) is 133 Å². The van der Waals surface area contributed by atoms with Gasteiger partial charge in [-0.3, -0.25) is 0 Å². The summed E-state index contributed by atoms with van der Waals surface area (Å²) in [6.45, 7) is 7.92. The standard InChI is InChI=1S/C38H42O/c1-3-5-7-21-31-37(33-23-13-9-14-24-33,34-25-15-10-16-26-34)39-38(32-22-8-6-4-2,35-27-17-11-18-28-35)36-29-19-12-20-30-36/h3-4,9-20,23-30H,1-2,5-8,21-22,31-32H2. The highest BCUT2D eigenvalue weighted by molar-refractivity contribution is 5.41. The van der Waals surface area contributed by atoms with Gasteiger partial charge in [0.05, 0.1) is 0 Å². The van der Waals surface area contributed by atoms with E-state index in [4.69, 9.17) is 4.74 Å². The quantitative estimate of drug-likeness (QED) is 0.107. The highest BCUT2D eigenvalue weighted by Crippen LogP contribution is 2.49. The summed E-state index contributed by atoms with van der Waals surface area (Å²) < 4.78 is 7.88. The Bertz CT molecular complexity index is 1070. The lowest BCUT2D eigenvalue weighted by atomic mass is 9.77. The fraction of sp³-hybridized carbons (Fsp3) is 0.263. The normalized spacial score (nSPS) is 11.7. The minimum atomic E-state index is -0.631. The molecule has 0 radical (unpaired) electrons. The summed E-state index contributed by atoms with van der Waals surface area (Å²) in [4.78, 5) is 0. The predicted octanol–water partition coefficient (Wildman–Crippen LogP) is 10.4. The molecular formula is C38H42O. The number of unbranched alkanes of at least 4 members (excludes halogenated alkanes) is 4. The van der Waals surface area contributed by atoms with Gasteiger partial charge in [-0.25, -0.2) is 0 Å². The lowest BCUT2D eigenvalue weighted by molar-refractivity contribution is -0.135. The van der Waals surface area contributed by atoms with Gasteiger partial charge in [0, 0.05) is 0 Å². The van der Waals surface area contributed by atoms with Crippen molar-refractivity contribution in [2.24, 2.45) is 0 Å². The van der Waals surface area contributed by atoms with Crippen molar-refractivity contribution < 1.29 is 4.74 Å². The molecular weight excluding hydrogens is 472 g/mol. The zero-order valence-corrected chi connectivity index (χ0v) is 23.2. The Hall–Kier alpha value is -3.68. The monoisotopic (exact) mass is 514 g/mol. The van der Waals surface area contributed by atoms with Gasteiger partial charge >= 0.3 is 0 Å². The molecule has 39 heavy (non-hydrogen) atoms. The number of hydrogen-bond donors (Lipinski definition) is 0. The van der Waals surface area contributed by atoms with Gasteiger partial charge in [-0.05, 0) is 73.6 Å². The molecule has 0 aliphatic carbocycles. The Kier molecular flexibility index (Phi) is 10.5. The minimum Gasteiger partial charge on any atom is -0.350 e. The van der Waals surface area contributed by atoms with Gasteiger partial charge < -0.3 is 4.74 Å². The van der Waals surface area contributed by atoms with Crippen LogP contribution in [0.1, 0.15) is 73.6 Å². The van der Waals surface area contributed by atoms with Crippen molar-refractivity contribution in [3.05, 3.63) is 169 Å². The number of ether oxygens (including phenoxy) is 1. The van der Waals surface area contributed by atoms with Crippen LogP contribution in [0.2, 0.25) is 0 Å². The summed E-state index contributed by atoms with van der Waals surface area (Å²) in [6, 6.07) is 43.3. The molecule has 0 aromatic heterocycles. The van der Waals surface area contributed by atoms with E-state index in [0.717, 1.165) is 51.4 Å². The van der Waals surface area contributed by atoms with E-state index in [1.165, 1.54) is 22.3 Å². The number of rotatable bonds is 16. The first-order chi connectivity index (χ1) is 19.2. The van der Waals surface area contributed by atoms with E-state index >= 15 is 0 Å². The molecule has 4 aromatic rings. The van der Waals surface area contributed by atoms with Crippen LogP contribution in [0.15, 0.2) is 147 Å². The largest absolute Gasteiger partial charge is 0.350 e. The van der Waals surface area contributed by atoms with Crippen molar-refractivity contribution in [3.63, 3.8) is 0 Å². The van der Waals surface area contributed by atoms with Crippen molar-refractivity contribution in [1.29, 1.82) is 0 Å². The summed E-state index contributed by atoms with van der Waals surface area (Å²) in [5, 5.41) is 0. The Labute approximate surface area is 235 Å². The first kappa shape index (κ1) is 28.3. The average Bonchev–Trinajstić information content (AvgIpc) is 3.02. The van der Waals surface area contributed by atoms with Crippen molar-refractivity contribution >= 4 is 0 Å². The van der Waals surface area contributed by atoms with Crippen LogP contribution >= 0.6 is 0 Å². The van der Waals surface area contributed by atoms with Crippen molar-refractivity contribution in [1.82, 2.24) is 0 Å². The molecule has 0 heterocycles. The third-order valence-corrected chi connectivity index (χ3v) is 7.68. The third-order valence-electron chi connectivity index (χ3n) is 7.68. The molecule has 0 N–H and O–H groups in total. The molecule has 1 nitrogen and oxygen atoms in total. The molecule has 200 valence electrons. The zero-order chi connectivity index (χ0) is 27.2. The van der Waals surface area contributed by atoms with E-state index in [9.17, 15) is 0 Å². The SMILES string of the molecule is C=CCCCCC(OC(CCCCC=C)(c1ccccc1)c1ccccc1)(c1ccccc1)c1ccccc1. The Morgan fingerprint density at radius 2 is 0.718 bits per heavy atom. The average molecular weight is 515 g/mol. The van der Waals surface area contributed by atoms with Crippen LogP contribution in [0.5, 0.6) is 0 Å². The Morgan fingerprint density at radius 1 is 0.436 bits per heavy atom. The molecule has 4 rings (SSSR count). The maximum Gasteiger partial charge on any atom is 0.120 e. The van der Waals surface area contributed by atoms with Crippen molar-refractivity contribution in [2.75, 3.05) is 0 Å². The number of allylic oxidation sites excluding steroid dienone is 2. The van der Waals surface area contributed by atoms with Gasteiger partial charge in [0.2, 0.25) is 0 Å². The summed E-state index contributed by atoms with van der Waals surface area (Å²) in [6.07, 6.45) is 12.0.